The summed E-state index contributed by atoms with van der Waals surface area (Å²) in [6.07, 6.45) is -1.95. The molecule has 152 valence electrons. The third-order valence-corrected chi connectivity index (χ3v) is 6.15. The smallest absolute Gasteiger partial charge is 0.287 e. The number of sulfonamides is 1. The van der Waals surface area contributed by atoms with Gasteiger partial charge in [-0.05, 0) is 18.2 Å². The van der Waals surface area contributed by atoms with E-state index in [-0.39, 0.29) is 15.7 Å². The molecule has 0 aliphatic rings. The van der Waals surface area contributed by atoms with Gasteiger partial charge in [-0.1, -0.05) is 23.2 Å². The van der Waals surface area contributed by atoms with Crippen LogP contribution in [-0.2, 0) is 21.4 Å². The van der Waals surface area contributed by atoms with Crippen molar-refractivity contribution in [3.8, 4) is 0 Å². The molecule has 1 heterocycles. The fourth-order valence-corrected chi connectivity index (χ4v) is 3.50. The summed E-state index contributed by atoms with van der Waals surface area (Å²) in [6.45, 7) is -0.553. The van der Waals surface area contributed by atoms with Crippen molar-refractivity contribution >= 4 is 44.8 Å². The first-order chi connectivity index (χ1) is 12.9. The average Bonchev–Trinajstić information content (AvgIpc) is 2.61. The normalized spacial score (nSPS) is 11.9. The zero-order valence-electron chi connectivity index (χ0n) is 14.5. The lowest BCUT2D eigenvalue weighted by Gasteiger charge is -2.16. The Morgan fingerprint density at radius 2 is 1.96 bits per heavy atom. The Morgan fingerprint density at radius 3 is 2.54 bits per heavy atom. The van der Waals surface area contributed by atoms with Gasteiger partial charge in [0.05, 0.1) is 16.1 Å². The van der Waals surface area contributed by atoms with Crippen LogP contribution in [0.5, 0.6) is 0 Å². The minimum atomic E-state index is -4.18. The van der Waals surface area contributed by atoms with Gasteiger partial charge in [0.2, 0.25) is 15.9 Å². The molecule has 2 rings (SSSR count). The Bertz CT molecular complexity index is 1070. The summed E-state index contributed by atoms with van der Waals surface area (Å²) in [5.74, 6) is -0.758. The monoisotopic (exact) mass is 454 g/mol. The summed E-state index contributed by atoms with van der Waals surface area (Å²) in [4.78, 5) is 23.4. The van der Waals surface area contributed by atoms with E-state index in [1.165, 1.54) is 14.1 Å². The van der Waals surface area contributed by atoms with E-state index in [0.29, 0.717) is 0 Å². The van der Waals surface area contributed by atoms with Crippen LogP contribution < -0.4 is 10.9 Å². The van der Waals surface area contributed by atoms with Gasteiger partial charge in [0, 0.05) is 25.3 Å². The minimum absolute atomic E-state index is 0.0528. The SMILES string of the molecule is CN(C)S(=O)(=O)c1cc(NC(=O)Cn2ncc(Cl)c(Cl)c2=O)ccc1C(F)F. The number of alkyl halides is 2. The quantitative estimate of drug-likeness (QED) is 0.721. The van der Waals surface area contributed by atoms with Crippen molar-refractivity contribution in [2.24, 2.45) is 0 Å². The van der Waals surface area contributed by atoms with Gasteiger partial charge in [-0.15, -0.1) is 0 Å². The number of carbonyl (C=O) groups is 1. The highest BCUT2D eigenvalue weighted by Gasteiger charge is 2.26. The van der Waals surface area contributed by atoms with Crippen LogP contribution in [0.15, 0.2) is 34.1 Å². The van der Waals surface area contributed by atoms with Crippen LogP contribution in [0.4, 0.5) is 14.5 Å². The second-order valence-electron chi connectivity index (χ2n) is 5.66. The summed E-state index contributed by atoms with van der Waals surface area (Å²) < 4.78 is 52.5. The maximum Gasteiger partial charge on any atom is 0.287 e. The van der Waals surface area contributed by atoms with E-state index in [0.717, 1.165) is 33.4 Å². The van der Waals surface area contributed by atoms with E-state index < -0.39 is 44.9 Å². The first-order valence-corrected chi connectivity index (χ1v) is 9.70. The van der Waals surface area contributed by atoms with Crippen LogP contribution in [0.1, 0.15) is 12.0 Å². The molecule has 1 N–H and O–H groups in total. The van der Waals surface area contributed by atoms with Crippen LogP contribution in [0.2, 0.25) is 10.0 Å². The number of carbonyl (C=O) groups excluding carboxylic acids is 1. The van der Waals surface area contributed by atoms with Gasteiger partial charge in [-0.3, -0.25) is 9.59 Å². The molecular weight excluding hydrogens is 441 g/mol. The van der Waals surface area contributed by atoms with E-state index in [1.54, 1.807) is 0 Å². The molecular formula is C15H14Cl2F2N4O4S. The Labute approximate surface area is 168 Å². The lowest BCUT2D eigenvalue weighted by Crippen LogP contribution is -2.30. The lowest BCUT2D eigenvalue weighted by atomic mass is 10.2. The van der Waals surface area contributed by atoms with Gasteiger partial charge in [0.25, 0.3) is 12.0 Å². The van der Waals surface area contributed by atoms with Crippen molar-refractivity contribution in [2.45, 2.75) is 17.9 Å². The van der Waals surface area contributed by atoms with Gasteiger partial charge < -0.3 is 5.32 Å². The Morgan fingerprint density at radius 1 is 1.32 bits per heavy atom. The van der Waals surface area contributed by atoms with Crippen molar-refractivity contribution in [2.75, 3.05) is 19.4 Å². The van der Waals surface area contributed by atoms with Crippen LogP contribution >= 0.6 is 23.2 Å². The van der Waals surface area contributed by atoms with E-state index in [1.807, 2.05) is 0 Å². The zero-order valence-corrected chi connectivity index (χ0v) is 16.8. The molecule has 0 spiro atoms. The average molecular weight is 455 g/mol. The predicted octanol–water partition coefficient (Wildman–Crippen LogP) is 2.38. The van der Waals surface area contributed by atoms with Crippen LogP contribution in [0.25, 0.3) is 0 Å². The molecule has 0 unspecified atom stereocenters. The van der Waals surface area contributed by atoms with Crippen molar-refractivity contribution in [1.82, 2.24) is 14.1 Å². The number of amides is 1. The third kappa shape index (κ3) is 4.66. The highest BCUT2D eigenvalue weighted by Crippen LogP contribution is 2.30. The first-order valence-electron chi connectivity index (χ1n) is 7.50. The molecule has 8 nitrogen and oxygen atoms in total. The van der Waals surface area contributed by atoms with Gasteiger partial charge in [-0.25, -0.2) is 26.2 Å². The van der Waals surface area contributed by atoms with Gasteiger partial charge in [-0.2, -0.15) is 5.10 Å². The number of nitrogens with one attached hydrogen (secondary N) is 1. The number of benzene rings is 1. The second kappa shape index (κ2) is 8.52. The number of anilines is 1. The molecule has 0 bridgehead atoms. The summed E-state index contributed by atoms with van der Waals surface area (Å²) in [5.41, 5.74) is -1.55. The molecule has 1 amide bonds. The van der Waals surface area contributed by atoms with Gasteiger partial charge >= 0.3 is 0 Å². The molecule has 0 atom stereocenters. The third-order valence-electron chi connectivity index (χ3n) is 3.53. The number of halogens is 4. The Hall–Kier alpha value is -2.08. The van der Waals surface area contributed by atoms with E-state index in [4.69, 9.17) is 23.2 Å². The van der Waals surface area contributed by atoms with Crippen molar-refractivity contribution < 1.29 is 22.0 Å². The molecule has 0 saturated carbocycles. The fraction of sp³-hybridized carbons (Fsp3) is 0.267. The van der Waals surface area contributed by atoms with Crippen molar-refractivity contribution in [1.29, 1.82) is 0 Å². The molecule has 13 heteroatoms. The molecule has 0 saturated heterocycles. The van der Waals surface area contributed by atoms with Crippen LogP contribution in [-0.4, -0.2) is 42.5 Å². The topological polar surface area (TPSA) is 101 Å². The second-order valence-corrected chi connectivity index (χ2v) is 8.56. The first kappa shape index (κ1) is 22.2. The lowest BCUT2D eigenvalue weighted by molar-refractivity contribution is -0.117. The van der Waals surface area contributed by atoms with E-state index in [9.17, 15) is 26.8 Å². The van der Waals surface area contributed by atoms with Gasteiger partial charge in [0.1, 0.15) is 11.6 Å². The molecule has 2 aromatic rings. The molecule has 0 radical (unpaired) electrons. The predicted molar refractivity (Wildman–Crippen MR) is 99.4 cm³/mol. The number of nitrogens with zero attached hydrogens (tertiary/aromatic N) is 3. The largest absolute Gasteiger partial charge is 0.324 e. The van der Waals surface area contributed by atoms with Crippen molar-refractivity contribution in [3.63, 3.8) is 0 Å². The molecule has 1 aromatic heterocycles. The number of hydrogen-bond acceptors (Lipinski definition) is 5. The number of aromatic nitrogens is 2. The molecule has 28 heavy (non-hydrogen) atoms. The van der Waals surface area contributed by atoms with Gasteiger partial charge in [0.15, 0.2) is 0 Å². The van der Waals surface area contributed by atoms with Crippen molar-refractivity contribution in [3.05, 3.63) is 50.4 Å². The highest BCUT2D eigenvalue weighted by atomic mass is 35.5. The van der Waals surface area contributed by atoms with E-state index in [2.05, 4.69) is 10.4 Å². The molecule has 0 aliphatic carbocycles. The Kier molecular flexibility index (Phi) is 6.75. The van der Waals surface area contributed by atoms with Crippen LogP contribution in [0, 0.1) is 0 Å². The molecule has 0 aliphatic heterocycles. The molecule has 1 aromatic carbocycles. The summed E-state index contributed by atoms with van der Waals surface area (Å²) in [6, 6.07) is 2.94. The zero-order chi connectivity index (χ0) is 21.2. The fourth-order valence-electron chi connectivity index (χ4n) is 2.11. The molecule has 0 fully saturated rings. The van der Waals surface area contributed by atoms with E-state index >= 15 is 0 Å². The maximum atomic E-state index is 13.2. The standard InChI is InChI=1S/C15H14Cl2F2N4O4S/c1-22(2)28(26,27)11-5-8(3-4-9(11)14(18)19)21-12(24)7-23-15(25)13(17)10(16)6-20-23/h3-6,14H,7H2,1-2H3,(H,21,24). The minimum Gasteiger partial charge on any atom is -0.324 e. The summed E-state index contributed by atoms with van der Waals surface area (Å²) in [7, 11) is -1.80. The number of hydrogen-bond donors (Lipinski definition) is 1. The highest BCUT2D eigenvalue weighted by molar-refractivity contribution is 7.89. The summed E-state index contributed by atoms with van der Waals surface area (Å²) in [5, 5.41) is 5.60. The Balaban J connectivity index is 2.33. The number of rotatable bonds is 6. The summed E-state index contributed by atoms with van der Waals surface area (Å²) >= 11 is 11.3. The maximum absolute atomic E-state index is 13.2. The van der Waals surface area contributed by atoms with Crippen LogP contribution in [0.3, 0.4) is 0 Å².